The third-order valence-electron chi connectivity index (χ3n) is 5.99. The number of nitrogens with one attached hydrogen (secondary N) is 1. The summed E-state index contributed by atoms with van der Waals surface area (Å²) < 4.78 is 5.37. The number of carbonyl (C=O) groups excluding carboxylic acids is 3. The van der Waals surface area contributed by atoms with Crippen molar-refractivity contribution < 1.29 is 29.0 Å². The molecule has 0 bridgehead atoms. The quantitative estimate of drug-likeness (QED) is 0.592. The van der Waals surface area contributed by atoms with Crippen LogP contribution in [0.2, 0.25) is 5.02 Å². The van der Waals surface area contributed by atoms with Gasteiger partial charge in [0.05, 0.1) is 18.6 Å². The highest BCUT2D eigenvalue weighted by atomic mass is 35.5. The van der Waals surface area contributed by atoms with Gasteiger partial charge < -0.3 is 15.2 Å². The Labute approximate surface area is 202 Å². The van der Waals surface area contributed by atoms with Crippen LogP contribution in [0, 0.1) is 5.92 Å². The average molecular weight is 487 g/mol. The maximum atomic E-state index is 13.3. The van der Waals surface area contributed by atoms with E-state index in [0.29, 0.717) is 28.3 Å². The van der Waals surface area contributed by atoms with E-state index >= 15 is 0 Å². The summed E-state index contributed by atoms with van der Waals surface area (Å²) in [4.78, 5) is 51.2. The van der Waals surface area contributed by atoms with Crippen LogP contribution < -0.4 is 10.1 Å². The molecule has 0 aliphatic carbocycles. The van der Waals surface area contributed by atoms with E-state index in [4.69, 9.17) is 16.3 Å². The first-order chi connectivity index (χ1) is 16.2. The molecule has 9 heteroatoms. The molecule has 2 atom stereocenters. The molecule has 2 aromatic carbocycles. The van der Waals surface area contributed by atoms with Crippen molar-refractivity contribution in [2.24, 2.45) is 5.92 Å². The van der Waals surface area contributed by atoms with E-state index in [1.807, 2.05) is 6.92 Å². The highest BCUT2D eigenvalue weighted by molar-refractivity contribution is 6.30. The van der Waals surface area contributed by atoms with Gasteiger partial charge in [-0.3, -0.25) is 19.3 Å². The number of hydrogen-bond donors (Lipinski definition) is 2. The van der Waals surface area contributed by atoms with Crippen LogP contribution in [0.15, 0.2) is 42.5 Å². The van der Waals surface area contributed by atoms with Crippen LogP contribution in [-0.2, 0) is 20.8 Å². The smallest absolute Gasteiger partial charge is 0.335 e. The molecule has 1 aliphatic rings. The lowest BCUT2D eigenvalue weighted by Gasteiger charge is -2.24. The number of hydrogen-bond acceptors (Lipinski definition) is 5. The normalized spacial score (nSPS) is 17.0. The fourth-order valence-corrected chi connectivity index (χ4v) is 4.30. The number of rotatable bonds is 8. The van der Waals surface area contributed by atoms with Gasteiger partial charge in [-0.25, -0.2) is 4.79 Å². The number of ether oxygens (including phenoxy) is 1. The van der Waals surface area contributed by atoms with Crippen LogP contribution in [0.25, 0.3) is 0 Å². The Morgan fingerprint density at radius 1 is 1.24 bits per heavy atom. The fraction of sp³-hybridized carbons (Fsp3) is 0.360. The molecule has 3 rings (SSSR count). The zero-order valence-electron chi connectivity index (χ0n) is 19.0. The molecule has 8 nitrogen and oxygen atoms in total. The first-order valence-corrected chi connectivity index (χ1v) is 11.4. The number of nitrogens with zero attached hydrogens (tertiary/aromatic N) is 1. The second-order valence-corrected chi connectivity index (χ2v) is 8.66. The highest BCUT2D eigenvalue weighted by Crippen LogP contribution is 2.28. The second-order valence-electron chi connectivity index (χ2n) is 8.22. The van der Waals surface area contributed by atoms with Crippen LogP contribution in [0.4, 0.5) is 0 Å². The lowest BCUT2D eigenvalue weighted by Crippen LogP contribution is -2.43. The van der Waals surface area contributed by atoms with Crippen LogP contribution in [0.1, 0.15) is 47.2 Å². The fourth-order valence-electron chi connectivity index (χ4n) is 4.11. The Morgan fingerprint density at radius 2 is 2.00 bits per heavy atom. The summed E-state index contributed by atoms with van der Waals surface area (Å²) in [6, 6.07) is 11.5. The van der Waals surface area contributed by atoms with Crippen LogP contribution in [-0.4, -0.2) is 53.9 Å². The minimum atomic E-state index is -1.05. The van der Waals surface area contributed by atoms with Gasteiger partial charge in [0, 0.05) is 18.0 Å². The topological polar surface area (TPSA) is 113 Å². The summed E-state index contributed by atoms with van der Waals surface area (Å²) in [7, 11) is 1.52. The molecule has 3 amide bonds. The predicted octanol–water partition coefficient (Wildman–Crippen LogP) is 3.27. The predicted molar refractivity (Wildman–Crippen MR) is 126 cm³/mol. The third kappa shape index (κ3) is 5.94. The molecule has 1 heterocycles. The summed E-state index contributed by atoms with van der Waals surface area (Å²) in [5, 5.41) is 12.5. The van der Waals surface area contributed by atoms with E-state index in [0.717, 1.165) is 4.90 Å². The van der Waals surface area contributed by atoms with E-state index in [2.05, 4.69) is 5.32 Å². The Balaban J connectivity index is 1.81. The third-order valence-corrected chi connectivity index (χ3v) is 6.23. The van der Waals surface area contributed by atoms with Gasteiger partial charge in [-0.1, -0.05) is 30.7 Å². The van der Waals surface area contributed by atoms with Crippen molar-refractivity contribution in [3.63, 3.8) is 0 Å². The molecule has 0 radical (unpaired) electrons. The molecule has 2 aromatic rings. The number of aromatic carboxylic acids is 1. The number of amides is 3. The number of carbonyl (C=O) groups is 4. The average Bonchev–Trinajstić information content (AvgIpc) is 2.96. The number of carboxylic acid groups (broad SMARTS) is 1. The Hall–Kier alpha value is -3.39. The summed E-state index contributed by atoms with van der Waals surface area (Å²) in [5.41, 5.74) is 1.53. The number of methoxy groups -OCH3 is 1. The Kier molecular flexibility index (Phi) is 8.28. The molecular formula is C25H27ClN2O6. The number of imide groups is 1. The van der Waals surface area contributed by atoms with Gasteiger partial charge >= 0.3 is 5.97 Å². The molecule has 2 N–H and O–H groups in total. The molecule has 0 saturated carbocycles. The summed E-state index contributed by atoms with van der Waals surface area (Å²) in [6.07, 6.45) is 0.780. The van der Waals surface area contributed by atoms with Crippen molar-refractivity contribution in [2.45, 2.75) is 32.1 Å². The van der Waals surface area contributed by atoms with E-state index in [1.54, 1.807) is 30.3 Å². The molecule has 180 valence electrons. The standard InChI is InChI=1S/C25H27ClN2O6/c1-3-15(16-5-4-6-17(9-16)25(32)33)12-23(30)28-14-22(29)27-13-19(24(28)31)10-18-11-20(26)7-8-21(18)34-2/h4-9,11,15,19H,3,10,12-14H2,1-2H3,(H,27,29)(H,32,33)/t15-,19+/m0/s1. The first-order valence-electron chi connectivity index (χ1n) is 11.0. The first kappa shape index (κ1) is 25.2. The largest absolute Gasteiger partial charge is 0.496 e. The second kappa shape index (κ2) is 11.2. The molecule has 1 saturated heterocycles. The Morgan fingerprint density at radius 3 is 2.68 bits per heavy atom. The number of benzene rings is 2. The maximum Gasteiger partial charge on any atom is 0.335 e. The Bertz CT molecular complexity index is 1100. The molecule has 1 fully saturated rings. The van der Waals surface area contributed by atoms with Gasteiger partial charge in [-0.15, -0.1) is 0 Å². The van der Waals surface area contributed by atoms with Crippen LogP contribution in [0.5, 0.6) is 5.75 Å². The lowest BCUT2D eigenvalue weighted by molar-refractivity contribution is -0.148. The van der Waals surface area contributed by atoms with E-state index in [1.165, 1.54) is 19.2 Å². The van der Waals surface area contributed by atoms with Gasteiger partial charge in [0.2, 0.25) is 17.7 Å². The zero-order chi connectivity index (χ0) is 24.8. The van der Waals surface area contributed by atoms with Crippen molar-refractivity contribution in [2.75, 3.05) is 20.2 Å². The van der Waals surface area contributed by atoms with Gasteiger partial charge in [-0.05, 0) is 60.2 Å². The van der Waals surface area contributed by atoms with E-state index < -0.39 is 29.6 Å². The van der Waals surface area contributed by atoms with Crippen molar-refractivity contribution in [3.8, 4) is 5.75 Å². The van der Waals surface area contributed by atoms with E-state index in [9.17, 15) is 24.3 Å². The SMILES string of the molecule is CC[C@@H](CC(=O)N1CC(=O)NC[C@@H](Cc2cc(Cl)ccc2OC)C1=O)c1cccc(C(=O)O)c1. The molecule has 0 spiro atoms. The lowest BCUT2D eigenvalue weighted by atomic mass is 9.91. The zero-order valence-corrected chi connectivity index (χ0v) is 19.8. The van der Waals surface area contributed by atoms with Gasteiger partial charge in [0.15, 0.2) is 0 Å². The van der Waals surface area contributed by atoms with Gasteiger partial charge in [-0.2, -0.15) is 0 Å². The van der Waals surface area contributed by atoms with Gasteiger partial charge in [0.25, 0.3) is 0 Å². The van der Waals surface area contributed by atoms with Crippen molar-refractivity contribution >= 4 is 35.3 Å². The molecule has 1 aliphatic heterocycles. The number of halogens is 1. The van der Waals surface area contributed by atoms with Crippen molar-refractivity contribution in [1.82, 2.24) is 10.2 Å². The maximum absolute atomic E-state index is 13.3. The molecule has 34 heavy (non-hydrogen) atoms. The minimum Gasteiger partial charge on any atom is -0.496 e. The summed E-state index contributed by atoms with van der Waals surface area (Å²) >= 11 is 6.11. The molecule has 0 unspecified atom stereocenters. The summed E-state index contributed by atoms with van der Waals surface area (Å²) in [5.74, 6) is -2.78. The molecule has 0 aromatic heterocycles. The van der Waals surface area contributed by atoms with Crippen molar-refractivity contribution in [1.29, 1.82) is 0 Å². The van der Waals surface area contributed by atoms with Gasteiger partial charge in [0.1, 0.15) is 12.3 Å². The summed E-state index contributed by atoms with van der Waals surface area (Å²) in [6.45, 7) is 1.62. The highest BCUT2D eigenvalue weighted by Gasteiger charge is 2.35. The number of carboxylic acids is 1. The van der Waals surface area contributed by atoms with Crippen molar-refractivity contribution in [3.05, 3.63) is 64.2 Å². The monoisotopic (exact) mass is 486 g/mol. The minimum absolute atomic E-state index is 0.0220. The van der Waals surface area contributed by atoms with Crippen LogP contribution >= 0.6 is 11.6 Å². The van der Waals surface area contributed by atoms with Crippen LogP contribution in [0.3, 0.4) is 0 Å². The molecular weight excluding hydrogens is 460 g/mol. The van der Waals surface area contributed by atoms with E-state index in [-0.39, 0.29) is 37.4 Å².